The average molecular weight is 342 g/mol. The van der Waals surface area contributed by atoms with Gasteiger partial charge in [0.15, 0.2) is 5.76 Å². The molecular formula is C19H22N2O4. The maximum atomic E-state index is 12.5. The highest BCUT2D eigenvalue weighted by atomic mass is 16.5. The van der Waals surface area contributed by atoms with E-state index in [2.05, 4.69) is 4.98 Å². The van der Waals surface area contributed by atoms with E-state index < -0.39 is 0 Å². The topological polar surface area (TPSA) is 72.6 Å². The van der Waals surface area contributed by atoms with Gasteiger partial charge in [-0.1, -0.05) is 0 Å². The number of pyridine rings is 1. The zero-order valence-corrected chi connectivity index (χ0v) is 14.5. The van der Waals surface area contributed by atoms with Crippen LogP contribution < -0.4 is 0 Å². The summed E-state index contributed by atoms with van der Waals surface area (Å²) in [6.45, 7) is 5.26. The highest BCUT2D eigenvalue weighted by molar-refractivity contribution is 5.91. The van der Waals surface area contributed by atoms with Crippen molar-refractivity contribution in [1.82, 2.24) is 9.88 Å². The zero-order valence-electron chi connectivity index (χ0n) is 14.5. The van der Waals surface area contributed by atoms with Crippen molar-refractivity contribution in [2.24, 2.45) is 5.92 Å². The van der Waals surface area contributed by atoms with Gasteiger partial charge in [-0.05, 0) is 50.5 Å². The van der Waals surface area contributed by atoms with Crippen LogP contribution in [0.25, 0.3) is 0 Å². The van der Waals surface area contributed by atoms with Crippen LogP contribution in [0, 0.1) is 19.8 Å². The lowest BCUT2D eigenvalue weighted by Crippen LogP contribution is -2.41. The Bertz CT molecular complexity index is 768. The van der Waals surface area contributed by atoms with Crippen molar-refractivity contribution in [3.8, 4) is 0 Å². The Morgan fingerprint density at radius 3 is 2.88 bits per heavy atom. The van der Waals surface area contributed by atoms with E-state index in [1.165, 1.54) is 6.20 Å². The summed E-state index contributed by atoms with van der Waals surface area (Å²) in [5.74, 6) is 0.738. The van der Waals surface area contributed by atoms with E-state index in [0.717, 1.165) is 24.2 Å². The second-order valence-corrected chi connectivity index (χ2v) is 6.52. The van der Waals surface area contributed by atoms with Crippen LogP contribution in [0.1, 0.15) is 45.1 Å². The third kappa shape index (κ3) is 4.26. The number of hydrogen-bond donors (Lipinski definition) is 0. The number of rotatable bonds is 4. The van der Waals surface area contributed by atoms with Gasteiger partial charge in [0, 0.05) is 31.4 Å². The second kappa shape index (κ2) is 7.51. The third-order valence-corrected chi connectivity index (χ3v) is 4.32. The molecule has 0 radical (unpaired) electrons. The molecule has 1 saturated heterocycles. The number of likely N-dealkylation sites (tertiary alicyclic amines) is 1. The van der Waals surface area contributed by atoms with E-state index in [9.17, 15) is 9.59 Å². The van der Waals surface area contributed by atoms with E-state index in [1.54, 1.807) is 29.3 Å². The molecule has 0 bridgehead atoms. The van der Waals surface area contributed by atoms with Crippen molar-refractivity contribution in [2.75, 3.05) is 19.7 Å². The van der Waals surface area contributed by atoms with Gasteiger partial charge < -0.3 is 14.1 Å². The standard InChI is InChI=1S/C19H22N2O4/c1-13-8-16(10-20-9-13)19(23)24-12-15-4-3-7-21(11-15)18(22)17-6-5-14(2)25-17/h5-6,8-10,15H,3-4,7,11-12H2,1-2H3/t15-/m1/s1. The number of hydrogen-bond acceptors (Lipinski definition) is 5. The Balaban J connectivity index is 1.55. The SMILES string of the molecule is Cc1cncc(C(=O)OC[C@@H]2CCCN(C(=O)c3ccc(C)o3)C2)c1. The number of furan rings is 1. The molecule has 0 aromatic carbocycles. The van der Waals surface area contributed by atoms with Crippen LogP contribution in [0.4, 0.5) is 0 Å². The van der Waals surface area contributed by atoms with E-state index >= 15 is 0 Å². The van der Waals surface area contributed by atoms with Gasteiger partial charge in [-0.15, -0.1) is 0 Å². The van der Waals surface area contributed by atoms with Crippen LogP contribution in [-0.4, -0.2) is 41.5 Å². The van der Waals surface area contributed by atoms with E-state index in [1.807, 2.05) is 13.8 Å². The molecular weight excluding hydrogens is 320 g/mol. The van der Waals surface area contributed by atoms with E-state index in [0.29, 0.717) is 31.0 Å². The Labute approximate surface area is 146 Å². The smallest absolute Gasteiger partial charge is 0.339 e. The summed E-state index contributed by atoms with van der Waals surface area (Å²) in [5.41, 5.74) is 1.37. The normalized spacial score (nSPS) is 17.4. The molecule has 0 spiro atoms. The lowest BCUT2D eigenvalue weighted by atomic mass is 9.98. The summed E-state index contributed by atoms with van der Waals surface area (Å²) in [6.07, 6.45) is 5.02. The summed E-state index contributed by atoms with van der Waals surface area (Å²) in [7, 11) is 0. The van der Waals surface area contributed by atoms with E-state index in [4.69, 9.17) is 9.15 Å². The number of carbonyl (C=O) groups excluding carboxylic acids is 2. The van der Waals surface area contributed by atoms with Crippen LogP contribution in [0.5, 0.6) is 0 Å². The monoisotopic (exact) mass is 342 g/mol. The van der Waals surface area contributed by atoms with Crippen LogP contribution >= 0.6 is 0 Å². The minimum atomic E-state index is -0.374. The lowest BCUT2D eigenvalue weighted by Gasteiger charge is -2.31. The molecule has 0 saturated carbocycles. The van der Waals surface area contributed by atoms with Crippen LogP contribution in [0.2, 0.25) is 0 Å². The molecule has 3 rings (SSSR count). The molecule has 132 valence electrons. The molecule has 6 heteroatoms. The molecule has 1 aliphatic heterocycles. The van der Waals surface area contributed by atoms with Crippen LogP contribution in [0.15, 0.2) is 35.0 Å². The van der Waals surface area contributed by atoms with Crippen molar-refractivity contribution in [3.05, 3.63) is 53.2 Å². The first kappa shape index (κ1) is 17.2. The fourth-order valence-corrected chi connectivity index (χ4v) is 3.03. The highest BCUT2D eigenvalue weighted by Crippen LogP contribution is 2.20. The Hall–Kier alpha value is -2.63. The number of ether oxygens (including phenoxy) is 1. The number of esters is 1. The first-order valence-electron chi connectivity index (χ1n) is 8.47. The summed E-state index contributed by atoms with van der Waals surface area (Å²) in [6, 6.07) is 5.24. The van der Waals surface area contributed by atoms with Crippen LogP contribution in [-0.2, 0) is 4.74 Å². The molecule has 1 atom stereocenters. The number of carbonyl (C=O) groups is 2. The summed E-state index contributed by atoms with van der Waals surface area (Å²) in [5, 5.41) is 0. The first-order valence-corrected chi connectivity index (χ1v) is 8.47. The molecule has 2 aromatic heterocycles. The fraction of sp³-hybridized carbons (Fsp3) is 0.421. The van der Waals surface area contributed by atoms with Gasteiger partial charge >= 0.3 is 5.97 Å². The number of amides is 1. The molecule has 25 heavy (non-hydrogen) atoms. The predicted octanol–water partition coefficient (Wildman–Crippen LogP) is 3.00. The van der Waals surface area contributed by atoms with Gasteiger partial charge in [-0.25, -0.2) is 4.79 Å². The summed E-state index contributed by atoms with van der Waals surface area (Å²) in [4.78, 5) is 30.4. The minimum absolute atomic E-state index is 0.105. The van der Waals surface area contributed by atoms with Gasteiger partial charge in [-0.3, -0.25) is 9.78 Å². The minimum Gasteiger partial charge on any atom is -0.462 e. The van der Waals surface area contributed by atoms with E-state index in [-0.39, 0.29) is 17.8 Å². The Kier molecular flexibility index (Phi) is 5.16. The zero-order chi connectivity index (χ0) is 17.8. The highest BCUT2D eigenvalue weighted by Gasteiger charge is 2.27. The van der Waals surface area contributed by atoms with Crippen molar-refractivity contribution in [1.29, 1.82) is 0 Å². The number of aryl methyl sites for hydroxylation is 2. The quantitative estimate of drug-likeness (QED) is 0.799. The van der Waals surface area contributed by atoms with Crippen molar-refractivity contribution < 1.29 is 18.7 Å². The average Bonchev–Trinajstić information content (AvgIpc) is 3.05. The lowest BCUT2D eigenvalue weighted by molar-refractivity contribution is 0.0335. The second-order valence-electron chi connectivity index (χ2n) is 6.52. The molecule has 0 unspecified atom stereocenters. The van der Waals surface area contributed by atoms with Gasteiger partial charge in [-0.2, -0.15) is 0 Å². The molecule has 0 N–H and O–H groups in total. The predicted molar refractivity (Wildman–Crippen MR) is 91.3 cm³/mol. The molecule has 3 heterocycles. The largest absolute Gasteiger partial charge is 0.462 e. The fourth-order valence-electron chi connectivity index (χ4n) is 3.03. The maximum Gasteiger partial charge on any atom is 0.339 e. The Morgan fingerprint density at radius 2 is 2.16 bits per heavy atom. The number of nitrogens with zero attached hydrogens (tertiary/aromatic N) is 2. The Morgan fingerprint density at radius 1 is 1.32 bits per heavy atom. The number of piperidine rings is 1. The van der Waals surface area contributed by atoms with Crippen molar-refractivity contribution in [3.63, 3.8) is 0 Å². The molecule has 6 nitrogen and oxygen atoms in total. The van der Waals surface area contributed by atoms with Gasteiger partial charge in [0.1, 0.15) is 5.76 Å². The summed E-state index contributed by atoms with van der Waals surface area (Å²) >= 11 is 0. The van der Waals surface area contributed by atoms with Gasteiger partial charge in [0.2, 0.25) is 0 Å². The van der Waals surface area contributed by atoms with Crippen LogP contribution in [0.3, 0.4) is 0 Å². The van der Waals surface area contributed by atoms with Gasteiger partial charge in [0.05, 0.1) is 12.2 Å². The van der Waals surface area contributed by atoms with Crippen molar-refractivity contribution in [2.45, 2.75) is 26.7 Å². The first-order chi connectivity index (χ1) is 12.0. The molecule has 1 amide bonds. The molecule has 2 aromatic rings. The molecule has 1 fully saturated rings. The summed E-state index contributed by atoms with van der Waals surface area (Å²) < 4.78 is 10.8. The molecule has 0 aliphatic carbocycles. The third-order valence-electron chi connectivity index (χ3n) is 4.32. The maximum absolute atomic E-state index is 12.5. The number of aromatic nitrogens is 1. The van der Waals surface area contributed by atoms with Crippen molar-refractivity contribution >= 4 is 11.9 Å². The molecule has 1 aliphatic rings. The van der Waals surface area contributed by atoms with Gasteiger partial charge in [0.25, 0.3) is 5.91 Å².